The molecule has 1 unspecified atom stereocenters. The van der Waals surface area contributed by atoms with Crippen molar-refractivity contribution in [3.63, 3.8) is 0 Å². The van der Waals surface area contributed by atoms with Gasteiger partial charge in [-0.1, -0.05) is 22.0 Å². The maximum Gasteiger partial charge on any atom is 0.251 e. The van der Waals surface area contributed by atoms with Gasteiger partial charge in [0.1, 0.15) is 6.04 Å². The Kier molecular flexibility index (Phi) is 3.31. The van der Waals surface area contributed by atoms with Crippen LogP contribution in [-0.4, -0.2) is 18.0 Å². The van der Waals surface area contributed by atoms with Crippen LogP contribution in [0.15, 0.2) is 41.0 Å². The molecule has 6 heteroatoms. The molecule has 0 bridgehead atoms. The Morgan fingerprint density at radius 1 is 1.40 bits per heavy atom. The highest BCUT2D eigenvalue weighted by atomic mass is 79.9. The van der Waals surface area contributed by atoms with E-state index in [1.807, 2.05) is 24.3 Å². The van der Waals surface area contributed by atoms with Crippen LogP contribution >= 0.6 is 15.9 Å². The Balaban J connectivity index is 1.94. The van der Waals surface area contributed by atoms with Crippen molar-refractivity contribution in [1.82, 2.24) is 4.98 Å². The number of aromatic nitrogens is 1. The van der Waals surface area contributed by atoms with Crippen molar-refractivity contribution in [3.05, 3.63) is 46.6 Å². The molecular weight excluding hydrogens is 322 g/mol. The van der Waals surface area contributed by atoms with Crippen LogP contribution in [0.25, 0.3) is 0 Å². The number of anilines is 2. The third-order valence-corrected chi connectivity index (χ3v) is 3.60. The van der Waals surface area contributed by atoms with Crippen LogP contribution in [0.2, 0.25) is 0 Å². The molecule has 1 aromatic heterocycles. The highest BCUT2D eigenvalue weighted by Crippen LogP contribution is 2.36. The number of nitrogens with zero attached hydrogens (tertiary/aromatic N) is 1. The van der Waals surface area contributed by atoms with Crippen molar-refractivity contribution in [2.24, 2.45) is 0 Å². The number of amides is 1. The Hall–Kier alpha value is -2.08. The average Bonchev–Trinajstić information content (AvgIpc) is 2.75. The van der Waals surface area contributed by atoms with Gasteiger partial charge >= 0.3 is 0 Å². The van der Waals surface area contributed by atoms with Gasteiger partial charge in [0.25, 0.3) is 5.91 Å². The van der Waals surface area contributed by atoms with Crippen molar-refractivity contribution < 1.29 is 9.53 Å². The van der Waals surface area contributed by atoms with Gasteiger partial charge in [0, 0.05) is 21.9 Å². The van der Waals surface area contributed by atoms with Gasteiger partial charge < -0.3 is 15.4 Å². The summed E-state index contributed by atoms with van der Waals surface area (Å²) in [5, 5.41) is 6.02. The first-order chi connectivity index (χ1) is 9.69. The molecule has 2 aromatic rings. The lowest BCUT2D eigenvalue weighted by atomic mass is 10.1. The van der Waals surface area contributed by atoms with Crippen LogP contribution < -0.4 is 15.4 Å². The molecule has 20 heavy (non-hydrogen) atoms. The third kappa shape index (κ3) is 2.22. The molecule has 5 nitrogen and oxygen atoms in total. The van der Waals surface area contributed by atoms with Crippen LogP contribution in [0.4, 0.5) is 11.4 Å². The molecule has 1 amide bonds. The summed E-state index contributed by atoms with van der Waals surface area (Å²) in [6.07, 6.45) is 1.64. The van der Waals surface area contributed by atoms with Gasteiger partial charge in [0.2, 0.25) is 5.88 Å². The van der Waals surface area contributed by atoms with Gasteiger partial charge in [0.15, 0.2) is 0 Å². The number of halogens is 1. The molecule has 0 saturated carbocycles. The van der Waals surface area contributed by atoms with Crippen LogP contribution in [0, 0.1) is 0 Å². The van der Waals surface area contributed by atoms with Crippen LogP contribution in [0.1, 0.15) is 11.6 Å². The molecule has 3 rings (SSSR count). The number of carbonyl (C=O) groups excluding carboxylic acids is 1. The van der Waals surface area contributed by atoms with Crippen molar-refractivity contribution in [2.75, 3.05) is 17.7 Å². The number of ether oxygens (including phenoxy) is 1. The summed E-state index contributed by atoms with van der Waals surface area (Å²) in [5.41, 5.74) is 2.40. The van der Waals surface area contributed by atoms with Crippen molar-refractivity contribution in [1.29, 1.82) is 0 Å². The molecular formula is C14H12BrN3O2. The number of pyridine rings is 1. The van der Waals surface area contributed by atoms with Gasteiger partial charge in [-0.3, -0.25) is 4.79 Å². The van der Waals surface area contributed by atoms with Gasteiger partial charge in [-0.2, -0.15) is 0 Å². The van der Waals surface area contributed by atoms with Crippen LogP contribution in [-0.2, 0) is 4.79 Å². The Morgan fingerprint density at radius 2 is 2.25 bits per heavy atom. The first kappa shape index (κ1) is 12.9. The second kappa shape index (κ2) is 5.13. The highest BCUT2D eigenvalue weighted by molar-refractivity contribution is 9.10. The standard InChI is InChI=1S/C14H12BrN3O2/c1-20-14-10(3-2-6-16-14)17-12-9-5-4-8(15)7-11(9)18-13(12)19/h2-7,12,17H,1H3,(H,18,19). The molecule has 2 heterocycles. The summed E-state index contributed by atoms with van der Waals surface area (Å²) in [6, 6.07) is 8.88. The van der Waals surface area contributed by atoms with Gasteiger partial charge in [-0.05, 0) is 24.3 Å². The summed E-state index contributed by atoms with van der Waals surface area (Å²) in [6.45, 7) is 0. The highest BCUT2D eigenvalue weighted by Gasteiger charge is 2.31. The van der Waals surface area contributed by atoms with E-state index in [9.17, 15) is 4.79 Å². The summed E-state index contributed by atoms with van der Waals surface area (Å²) in [7, 11) is 1.55. The maximum absolute atomic E-state index is 12.1. The maximum atomic E-state index is 12.1. The minimum Gasteiger partial charge on any atom is -0.480 e. The average molecular weight is 334 g/mol. The molecule has 0 aliphatic carbocycles. The van der Waals surface area contributed by atoms with Gasteiger partial charge in [-0.15, -0.1) is 0 Å². The molecule has 1 atom stereocenters. The number of benzene rings is 1. The Bertz CT molecular complexity index is 675. The number of carbonyl (C=O) groups is 1. The summed E-state index contributed by atoms with van der Waals surface area (Å²) < 4.78 is 6.11. The van der Waals surface area contributed by atoms with E-state index < -0.39 is 6.04 Å². The van der Waals surface area contributed by atoms with E-state index in [0.29, 0.717) is 11.6 Å². The lowest BCUT2D eigenvalue weighted by Crippen LogP contribution is -2.20. The van der Waals surface area contributed by atoms with Gasteiger partial charge in [-0.25, -0.2) is 4.98 Å². The fourth-order valence-corrected chi connectivity index (χ4v) is 2.56. The Labute approximate surface area is 124 Å². The van der Waals surface area contributed by atoms with Crippen molar-refractivity contribution in [3.8, 4) is 5.88 Å². The monoisotopic (exact) mass is 333 g/mol. The van der Waals surface area contributed by atoms with E-state index in [-0.39, 0.29) is 5.91 Å². The zero-order valence-electron chi connectivity index (χ0n) is 10.7. The lowest BCUT2D eigenvalue weighted by molar-refractivity contribution is -0.116. The van der Waals surface area contributed by atoms with E-state index in [4.69, 9.17) is 4.74 Å². The number of fused-ring (bicyclic) bond motifs is 1. The quantitative estimate of drug-likeness (QED) is 0.906. The second-order valence-electron chi connectivity index (χ2n) is 4.36. The number of nitrogens with one attached hydrogen (secondary N) is 2. The minimum atomic E-state index is -0.448. The van der Waals surface area contributed by atoms with E-state index in [1.54, 1.807) is 19.4 Å². The molecule has 1 aliphatic heterocycles. The number of hydrogen-bond donors (Lipinski definition) is 2. The topological polar surface area (TPSA) is 63.2 Å². The SMILES string of the molecule is COc1ncccc1NC1C(=O)Nc2cc(Br)ccc21. The molecule has 0 saturated heterocycles. The number of methoxy groups -OCH3 is 1. The molecule has 1 aliphatic rings. The van der Waals surface area contributed by atoms with Crippen molar-refractivity contribution >= 4 is 33.2 Å². The summed E-state index contributed by atoms with van der Waals surface area (Å²) in [5.74, 6) is 0.370. The number of hydrogen-bond acceptors (Lipinski definition) is 4. The molecule has 0 radical (unpaired) electrons. The fraction of sp³-hybridized carbons (Fsp3) is 0.143. The van der Waals surface area contributed by atoms with E-state index >= 15 is 0 Å². The molecule has 0 fully saturated rings. The molecule has 2 N–H and O–H groups in total. The summed E-state index contributed by atoms with van der Waals surface area (Å²) >= 11 is 3.39. The largest absolute Gasteiger partial charge is 0.480 e. The third-order valence-electron chi connectivity index (χ3n) is 3.11. The first-order valence-electron chi connectivity index (χ1n) is 6.05. The lowest BCUT2D eigenvalue weighted by Gasteiger charge is -2.14. The van der Waals surface area contributed by atoms with E-state index in [2.05, 4.69) is 31.5 Å². The van der Waals surface area contributed by atoms with Crippen LogP contribution in [0.5, 0.6) is 5.88 Å². The molecule has 102 valence electrons. The van der Waals surface area contributed by atoms with Crippen LogP contribution in [0.3, 0.4) is 0 Å². The smallest absolute Gasteiger partial charge is 0.251 e. The van der Waals surface area contributed by atoms with E-state index in [1.165, 1.54) is 0 Å². The van der Waals surface area contributed by atoms with E-state index in [0.717, 1.165) is 15.7 Å². The second-order valence-corrected chi connectivity index (χ2v) is 5.27. The van der Waals surface area contributed by atoms with Crippen molar-refractivity contribution in [2.45, 2.75) is 6.04 Å². The Morgan fingerprint density at radius 3 is 3.05 bits per heavy atom. The zero-order chi connectivity index (χ0) is 14.1. The predicted molar refractivity (Wildman–Crippen MR) is 79.9 cm³/mol. The van der Waals surface area contributed by atoms with Gasteiger partial charge in [0.05, 0.1) is 12.8 Å². The number of rotatable bonds is 3. The minimum absolute atomic E-state index is 0.0935. The zero-order valence-corrected chi connectivity index (χ0v) is 12.3. The summed E-state index contributed by atoms with van der Waals surface area (Å²) in [4.78, 5) is 16.2. The molecule has 1 aromatic carbocycles. The normalized spacial score (nSPS) is 16.5. The first-order valence-corrected chi connectivity index (χ1v) is 6.84. The fourth-order valence-electron chi connectivity index (χ4n) is 2.20. The predicted octanol–water partition coefficient (Wildman–Crippen LogP) is 2.96. The molecule has 0 spiro atoms.